The predicted molar refractivity (Wildman–Crippen MR) is 103 cm³/mol. The molecule has 0 spiro atoms. The first kappa shape index (κ1) is 20.0. The van der Waals surface area contributed by atoms with E-state index in [1.807, 2.05) is 39.0 Å². The van der Waals surface area contributed by atoms with Gasteiger partial charge in [0.2, 0.25) is 5.91 Å². The zero-order valence-corrected chi connectivity index (χ0v) is 15.8. The Labute approximate surface area is 159 Å². The van der Waals surface area contributed by atoms with Gasteiger partial charge in [0, 0.05) is 12.2 Å². The van der Waals surface area contributed by atoms with Crippen molar-refractivity contribution in [2.75, 3.05) is 11.9 Å². The number of carbonyl (C=O) groups is 2. The van der Waals surface area contributed by atoms with E-state index >= 15 is 0 Å². The summed E-state index contributed by atoms with van der Waals surface area (Å²) in [7, 11) is 0. The lowest BCUT2D eigenvalue weighted by atomic mass is 10.1. The van der Waals surface area contributed by atoms with Crippen LogP contribution in [-0.4, -0.2) is 18.4 Å². The van der Waals surface area contributed by atoms with Crippen molar-refractivity contribution in [1.29, 1.82) is 5.26 Å². The molecule has 0 aromatic heterocycles. The summed E-state index contributed by atoms with van der Waals surface area (Å²) in [5.74, 6) is 0.0840. The molecule has 0 aliphatic heterocycles. The third-order valence-electron chi connectivity index (χ3n) is 4.23. The van der Waals surface area contributed by atoms with Gasteiger partial charge in [-0.15, -0.1) is 0 Å². The number of ether oxygens (including phenoxy) is 1. The van der Waals surface area contributed by atoms with Crippen LogP contribution in [-0.2, 0) is 16.1 Å². The second-order valence-electron chi connectivity index (χ2n) is 6.26. The minimum Gasteiger partial charge on any atom is -0.483 e. The zero-order valence-electron chi connectivity index (χ0n) is 15.8. The Morgan fingerprint density at radius 1 is 1.04 bits per heavy atom. The number of para-hydroxylation sites is 1. The van der Waals surface area contributed by atoms with E-state index in [2.05, 4.69) is 10.6 Å². The maximum Gasteiger partial charge on any atom is 0.262 e. The fourth-order valence-electron chi connectivity index (χ4n) is 2.60. The molecule has 6 nitrogen and oxygen atoms in total. The smallest absolute Gasteiger partial charge is 0.262 e. The average Bonchev–Trinajstić information content (AvgIpc) is 2.64. The molecule has 0 fully saturated rings. The molecule has 2 aromatic carbocycles. The molecule has 0 saturated heterocycles. The molecule has 0 bridgehead atoms. The molecule has 27 heavy (non-hydrogen) atoms. The minimum atomic E-state index is -0.354. The third-order valence-corrected chi connectivity index (χ3v) is 4.23. The lowest BCUT2D eigenvalue weighted by Gasteiger charge is -2.15. The SMILES string of the molecule is Cc1ccc(C)c(OCC(=O)Nc2ccccc2CNC(=O)CC#N)c1C. The van der Waals surface area contributed by atoms with Gasteiger partial charge in [-0.05, 0) is 49.1 Å². The Morgan fingerprint density at radius 3 is 2.48 bits per heavy atom. The quantitative estimate of drug-likeness (QED) is 0.788. The van der Waals surface area contributed by atoms with Gasteiger partial charge in [0.05, 0.1) is 6.07 Å². The number of nitrogens with zero attached hydrogens (tertiary/aromatic N) is 1. The molecule has 0 atom stereocenters. The van der Waals surface area contributed by atoms with Crippen LogP contribution in [0.1, 0.15) is 28.7 Å². The number of anilines is 1. The number of hydrogen-bond acceptors (Lipinski definition) is 4. The molecule has 0 radical (unpaired) electrons. The van der Waals surface area contributed by atoms with E-state index in [4.69, 9.17) is 10.00 Å². The molecule has 0 saturated carbocycles. The summed E-state index contributed by atoms with van der Waals surface area (Å²) < 4.78 is 5.73. The molecule has 140 valence electrons. The highest BCUT2D eigenvalue weighted by molar-refractivity contribution is 5.92. The van der Waals surface area contributed by atoms with E-state index in [9.17, 15) is 9.59 Å². The van der Waals surface area contributed by atoms with E-state index in [0.717, 1.165) is 28.0 Å². The van der Waals surface area contributed by atoms with Crippen molar-refractivity contribution in [1.82, 2.24) is 5.32 Å². The molecule has 6 heteroatoms. The second-order valence-corrected chi connectivity index (χ2v) is 6.26. The van der Waals surface area contributed by atoms with Crippen molar-refractivity contribution in [3.63, 3.8) is 0 Å². The summed E-state index contributed by atoms with van der Waals surface area (Å²) >= 11 is 0. The monoisotopic (exact) mass is 365 g/mol. The van der Waals surface area contributed by atoms with Gasteiger partial charge in [0.25, 0.3) is 5.91 Å². The van der Waals surface area contributed by atoms with Gasteiger partial charge in [-0.1, -0.05) is 30.3 Å². The van der Waals surface area contributed by atoms with E-state index in [0.29, 0.717) is 5.69 Å². The van der Waals surface area contributed by atoms with Gasteiger partial charge >= 0.3 is 0 Å². The number of aryl methyl sites for hydroxylation is 2. The number of nitrogens with one attached hydrogen (secondary N) is 2. The Hall–Kier alpha value is -3.33. The normalized spacial score (nSPS) is 10.0. The molecule has 0 aliphatic carbocycles. The van der Waals surface area contributed by atoms with Crippen molar-refractivity contribution in [2.45, 2.75) is 33.7 Å². The minimum absolute atomic E-state index is 0.111. The molecular weight excluding hydrogens is 342 g/mol. The lowest BCUT2D eigenvalue weighted by molar-refractivity contribution is -0.120. The summed E-state index contributed by atoms with van der Waals surface area (Å²) in [5, 5.41) is 14.0. The number of rotatable bonds is 7. The van der Waals surface area contributed by atoms with Crippen LogP contribution >= 0.6 is 0 Å². The van der Waals surface area contributed by atoms with Crippen molar-refractivity contribution >= 4 is 17.5 Å². The molecule has 2 amide bonds. The largest absolute Gasteiger partial charge is 0.483 e. The van der Waals surface area contributed by atoms with Gasteiger partial charge in [0.15, 0.2) is 6.61 Å². The fraction of sp³-hybridized carbons (Fsp3) is 0.286. The number of carbonyl (C=O) groups excluding carboxylic acids is 2. The Kier molecular flexibility index (Phi) is 6.95. The molecular formula is C21H23N3O3. The van der Waals surface area contributed by atoms with Crippen LogP contribution in [0, 0.1) is 32.1 Å². The van der Waals surface area contributed by atoms with Crippen LogP contribution in [0.3, 0.4) is 0 Å². The van der Waals surface area contributed by atoms with Gasteiger partial charge in [-0.25, -0.2) is 0 Å². The van der Waals surface area contributed by atoms with E-state index in [1.54, 1.807) is 24.3 Å². The molecule has 0 heterocycles. The Balaban J connectivity index is 1.99. The van der Waals surface area contributed by atoms with Gasteiger partial charge in [0.1, 0.15) is 12.2 Å². The number of benzene rings is 2. The van der Waals surface area contributed by atoms with Crippen molar-refractivity contribution in [3.05, 3.63) is 58.7 Å². The predicted octanol–water partition coefficient (Wildman–Crippen LogP) is 3.16. The number of amides is 2. The molecule has 2 N–H and O–H groups in total. The van der Waals surface area contributed by atoms with Crippen molar-refractivity contribution in [2.24, 2.45) is 0 Å². The lowest BCUT2D eigenvalue weighted by Crippen LogP contribution is -2.24. The van der Waals surface area contributed by atoms with Crippen LogP contribution in [0.25, 0.3) is 0 Å². The van der Waals surface area contributed by atoms with E-state index in [1.165, 1.54) is 0 Å². The van der Waals surface area contributed by atoms with Crippen LogP contribution in [0.2, 0.25) is 0 Å². The summed E-state index contributed by atoms with van der Waals surface area (Å²) in [5.41, 5.74) is 4.45. The highest BCUT2D eigenvalue weighted by atomic mass is 16.5. The Bertz CT molecular complexity index is 885. The molecule has 0 unspecified atom stereocenters. The van der Waals surface area contributed by atoms with Gasteiger partial charge < -0.3 is 15.4 Å². The summed E-state index contributed by atoms with van der Waals surface area (Å²) in [6, 6.07) is 13.0. The van der Waals surface area contributed by atoms with Gasteiger partial charge in [-0.3, -0.25) is 9.59 Å². The van der Waals surface area contributed by atoms with Gasteiger partial charge in [-0.2, -0.15) is 5.26 Å². The summed E-state index contributed by atoms with van der Waals surface area (Å²) in [6.45, 7) is 6.03. The fourth-order valence-corrected chi connectivity index (χ4v) is 2.60. The highest BCUT2D eigenvalue weighted by Crippen LogP contribution is 2.25. The summed E-state index contributed by atoms with van der Waals surface area (Å²) in [6.07, 6.45) is -0.197. The third kappa shape index (κ3) is 5.58. The van der Waals surface area contributed by atoms with Crippen LogP contribution in [0.15, 0.2) is 36.4 Å². The first-order valence-corrected chi connectivity index (χ1v) is 8.63. The van der Waals surface area contributed by atoms with Crippen LogP contribution in [0.4, 0.5) is 5.69 Å². The maximum absolute atomic E-state index is 12.3. The highest BCUT2D eigenvalue weighted by Gasteiger charge is 2.11. The van der Waals surface area contributed by atoms with Crippen molar-refractivity contribution in [3.8, 4) is 11.8 Å². The first-order valence-electron chi connectivity index (χ1n) is 8.63. The second kappa shape index (κ2) is 9.39. The molecule has 2 aromatic rings. The molecule has 2 rings (SSSR count). The Morgan fingerprint density at radius 2 is 1.74 bits per heavy atom. The zero-order chi connectivity index (χ0) is 19.8. The number of nitriles is 1. The molecule has 0 aliphatic rings. The summed E-state index contributed by atoms with van der Waals surface area (Å²) in [4.78, 5) is 23.8. The van der Waals surface area contributed by atoms with Crippen LogP contribution in [0.5, 0.6) is 5.75 Å². The number of hydrogen-bond donors (Lipinski definition) is 2. The van der Waals surface area contributed by atoms with Crippen LogP contribution < -0.4 is 15.4 Å². The van der Waals surface area contributed by atoms with Crippen molar-refractivity contribution < 1.29 is 14.3 Å². The maximum atomic E-state index is 12.3. The average molecular weight is 365 g/mol. The first-order chi connectivity index (χ1) is 12.9. The topological polar surface area (TPSA) is 91.2 Å². The van der Waals surface area contributed by atoms with E-state index in [-0.39, 0.29) is 31.4 Å². The van der Waals surface area contributed by atoms with E-state index < -0.39 is 0 Å². The standard InChI is InChI=1S/C21H23N3O3/c1-14-8-9-15(2)21(16(14)3)27-13-20(26)24-18-7-5-4-6-17(18)12-23-19(25)10-11-22/h4-9H,10,12-13H2,1-3H3,(H,23,25)(H,24,26).